The molecule has 124 valence electrons. The lowest BCUT2D eigenvalue weighted by Gasteiger charge is -2.54. The summed E-state index contributed by atoms with van der Waals surface area (Å²) in [6, 6.07) is -0.534. The van der Waals surface area contributed by atoms with Gasteiger partial charge in [-0.15, -0.1) is 0 Å². The molecule has 0 saturated carbocycles. The molecule has 0 aromatic rings. The highest BCUT2D eigenvalue weighted by molar-refractivity contribution is 9.26. The van der Waals surface area contributed by atoms with Crippen molar-refractivity contribution in [1.82, 2.24) is 9.80 Å². The molecular weight excluding hydrogens is 376 g/mol. The van der Waals surface area contributed by atoms with Gasteiger partial charge in [0.25, 0.3) is 11.8 Å². The van der Waals surface area contributed by atoms with Gasteiger partial charge in [0.2, 0.25) is 4.87 Å². The summed E-state index contributed by atoms with van der Waals surface area (Å²) in [6.45, 7) is -0.457. The van der Waals surface area contributed by atoms with E-state index < -0.39 is 28.5 Å². The molecule has 1 spiro atoms. The fourth-order valence-corrected chi connectivity index (χ4v) is 11.2. The number of amides is 2. The van der Waals surface area contributed by atoms with Crippen molar-refractivity contribution < 1.29 is 19.8 Å². The molecular formula is C13H14N2O4S4. The zero-order chi connectivity index (χ0) is 16.4. The Kier molecular flexibility index (Phi) is 3.79. The summed E-state index contributed by atoms with van der Waals surface area (Å²) in [5, 5.41) is 20.3. The maximum Gasteiger partial charge on any atom is 0.264 e. The number of hydrogen-bond acceptors (Lipinski definition) is 8. The van der Waals surface area contributed by atoms with E-state index in [1.165, 1.54) is 51.0 Å². The Hall–Kier alpha value is -0.260. The van der Waals surface area contributed by atoms with Gasteiger partial charge in [0, 0.05) is 13.5 Å². The molecule has 4 fully saturated rings. The summed E-state index contributed by atoms with van der Waals surface area (Å²) in [7, 11) is 6.97. The number of hydrogen-bond donors (Lipinski definition) is 2. The third-order valence-corrected chi connectivity index (χ3v) is 12.0. The maximum atomic E-state index is 13.3. The molecule has 4 atom stereocenters. The van der Waals surface area contributed by atoms with Gasteiger partial charge >= 0.3 is 0 Å². The first kappa shape index (κ1) is 16.2. The van der Waals surface area contributed by atoms with Gasteiger partial charge in [-0.05, 0) is 46.8 Å². The normalized spacial score (nSPS) is 42.3. The molecule has 6 nitrogen and oxygen atoms in total. The number of nitrogens with zero attached hydrogens (tertiary/aromatic N) is 2. The predicted octanol–water partition coefficient (Wildman–Crippen LogP) is 0.993. The predicted molar refractivity (Wildman–Crippen MR) is 94.2 cm³/mol. The van der Waals surface area contributed by atoms with Crippen molar-refractivity contribution in [3.8, 4) is 0 Å². The van der Waals surface area contributed by atoms with E-state index in [-0.39, 0.29) is 11.8 Å². The van der Waals surface area contributed by atoms with E-state index in [0.29, 0.717) is 6.42 Å². The minimum absolute atomic E-state index is 0.195. The van der Waals surface area contributed by atoms with Crippen LogP contribution in [0.4, 0.5) is 0 Å². The number of carbonyl (C=O) groups is 2. The number of allylic oxidation sites excluding steroid dienone is 2. The number of carbonyl (C=O) groups excluding carboxylic acids is 2. The topological polar surface area (TPSA) is 81.1 Å². The van der Waals surface area contributed by atoms with Crippen molar-refractivity contribution in [1.29, 1.82) is 0 Å². The van der Waals surface area contributed by atoms with Gasteiger partial charge < -0.3 is 20.0 Å². The van der Waals surface area contributed by atoms with Crippen LogP contribution in [-0.2, 0) is 9.59 Å². The number of aliphatic hydroxyl groups excluding tert-OH is 2. The Bertz CT molecular complexity index is 656. The summed E-state index contributed by atoms with van der Waals surface area (Å²) in [5.41, 5.74) is 0.883. The van der Waals surface area contributed by atoms with Crippen LogP contribution < -0.4 is 0 Å². The Morgan fingerprint density at radius 3 is 2.78 bits per heavy atom. The minimum Gasteiger partial charge on any atom is -0.392 e. The monoisotopic (exact) mass is 390 g/mol. The van der Waals surface area contributed by atoms with Crippen molar-refractivity contribution in [3.63, 3.8) is 0 Å². The summed E-state index contributed by atoms with van der Waals surface area (Å²) in [6.07, 6.45) is 4.84. The van der Waals surface area contributed by atoms with Crippen molar-refractivity contribution >= 4 is 53.1 Å². The van der Waals surface area contributed by atoms with E-state index in [4.69, 9.17) is 0 Å². The van der Waals surface area contributed by atoms with Gasteiger partial charge in [0.1, 0.15) is 0 Å². The smallest absolute Gasteiger partial charge is 0.264 e. The summed E-state index contributed by atoms with van der Waals surface area (Å²) in [4.78, 5) is 27.0. The Morgan fingerprint density at radius 1 is 1.30 bits per heavy atom. The molecule has 5 rings (SSSR count). The first-order valence-electron chi connectivity index (χ1n) is 6.96. The van der Waals surface area contributed by atoms with Gasteiger partial charge in [0.05, 0.1) is 18.8 Å². The second kappa shape index (κ2) is 5.37. The number of rotatable bonds is 1. The number of likely N-dealkylation sites (N-methyl/N-ethyl adjacent to an activating group) is 1. The van der Waals surface area contributed by atoms with Crippen LogP contribution in [0, 0.1) is 0 Å². The van der Waals surface area contributed by atoms with E-state index in [0.717, 1.165) is 5.57 Å². The van der Waals surface area contributed by atoms with E-state index in [9.17, 15) is 19.8 Å². The van der Waals surface area contributed by atoms with Crippen LogP contribution in [0.1, 0.15) is 6.42 Å². The molecule has 4 heterocycles. The third kappa shape index (κ3) is 1.90. The third-order valence-electron chi connectivity index (χ3n) is 4.75. The Morgan fingerprint density at radius 2 is 2.04 bits per heavy atom. The lowest BCUT2D eigenvalue weighted by atomic mass is 9.97. The van der Waals surface area contributed by atoms with Gasteiger partial charge in [-0.1, -0.05) is 18.2 Å². The highest BCUT2D eigenvalue weighted by Crippen LogP contribution is 2.65. The number of fused-ring (bicyclic) bond motifs is 5. The molecule has 0 aromatic heterocycles. The molecule has 5 aliphatic rings. The molecule has 0 radical (unpaired) electrons. The van der Waals surface area contributed by atoms with Crippen LogP contribution >= 0.6 is 41.2 Å². The van der Waals surface area contributed by atoms with Crippen LogP contribution in [0.15, 0.2) is 23.8 Å². The first-order valence-corrected chi connectivity index (χ1v) is 11.8. The highest BCUT2D eigenvalue weighted by Gasteiger charge is 2.69. The zero-order valence-electron chi connectivity index (χ0n) is 12.0. The molecule has 4 aliphatic heterocycles. The molecule has 1 aliphatic carbocycles. The van der Waals surface area contributed by atoms with Crippen LogP contribution in [0.25, 0.3) is 0 Å². The lowest BCUT2D eigenvalue weighted by Crippen LogP contribution is -2.74. The van der Waals surface area contributed by atoms with Crippen LogP contribution in [0.5, 0.6) is 0 Å². The van der Waals surface area contributed by atoms with E-state index >= 15 is 0 Å². The van der Waals surface area contributed by atoms with Gasteiger partial charge in [-0.2, -0.15) is 0 Å². The van der Waals surface area contributed by atoms with E-state index in [2.05, 4.69) is 0 Å². The molecule has 2 amide bonds. The Labute approximate surface area is 148 Å². The van der Waals surface area contributed by atoms with Crippen LogP contribution in [0.3, 0.4) is 0 Å². The average molecular weight is 391 g/mol. The number of aliphatic hydroxyl groups is 2. The van der Waals surface area contributed by atoms with E-state index in [1.54, 1.807) is 19.2 Å². The molecule has 4 saturated heterocycles. The molecule has 23 heavy (non-hydrogen) atoms. The Balaban J connectivity index is 1.92. The summed E-state index contributed by atoms with van der Waals surface area (Å²) in [5.74, 6) is -0.505. The fraction of sp³-hybridized carbons (Fsp3) is 0.538. The van der Waals surface area contributed by atoms with Crippen molar-refractivity contribution in [2.45, 2.75) is 28.3 Å². The zero-order valence-corrected chi connectivity index (χ0v) is 15.3. The molecule has 10 heteroatoms. The second-order valence-electron chi connectivity index (χ2n) is 5.81. The minimum atomic E-state index is -1.34. The SMILES string of the molecule is CN1C(=O)[C@]23CC4=CC=C[C@H](O)[C@H]4N2C(=O)[C@@]1(CO)SSSS3. The molecule has 0 aromatic carbocycles. The van der Waals surface area contributed by atoms with E-state index in [1.807, 2.05) is 6.08 Å². The van der Waals surface area contributed by atoms with Crippen molar-refractivity contribution in [2.75, 3.05) is 13.7 Å². The van der Waals surface area contributed by atoms with Gasteiger partial charge in [-0.25, -0.2) is 0 Å². The quantitative estimate of drug-likeness (QED) is 0.642. The fourth-order valence-electron chi connectivity index (χ4n) is 3.55. The molecule has 0 unspecified atom stereocenters. The van der Waals surface area contributed by atoms with Crippen LogP contribution in [0.2, 0.25) is 0 Å². The maximum absolute atomic E-state index is 13.3. The largest absolute Gasteiger partial charge is 0.392 e. The number of piperazine rings is 1. The van der Waals surface area contributed by atoms with Gasteiger partial charge in [0.15, 0.2) is 4.87 Å². The van der Waals surface area contributed by atoms with Crippen LogP contribution in [-0.4, -0.2) is 67.4 Å². The van der Waals surface area contributed by atoms with Crippen molar-refractivity contribution in [2.24, 2.45) is 0 Å². The average Bonchev–Trinajstić information content (AvgIpc) is 2.88. The molecule has 2 N–H and O–H groups in total. The molecule has 2 bridgehead atoms. The summed E-state index contributed by atoms with van der Waals surface area (Å²) < 4.78 is 0. The standard InChI is InChI=1S/C13H14N2O4S4/c1-14-10(18)12-5-7-3-2-4-8(17)9(7)15(12)11(19)13(14,6-16)21-23-22-20-12/h2-4,8-9,16-17H,5-6H2,1H3/t8-,9-,12+,13+/m0/s1. The van der Waals surface area contributed by atoms with Gasteiger partial charge in [-0.3, -0.25) is 9.59 Å². The summed E-state index contributed by atoms with van der Waals surface area (Å²) >= 11 is 0. The lowest BCUT2D eigenvalue weighted by molar-refractivity contribution is -0.167. The second-order valence-corrected chi connectivity index (χ2v) is 12.0. The van der Waals surface area contributed by atoms with Crippen molar-refractivity contribution in [3.05, 3.63) is 23.8 Å². The highest BCUT2D eigenvalue weighted by atomic mass is 33.7. The first-order chi connectivity index (χ1) is 11.0.